The minimum absolute atomic E-state index is 0.459. The molecule has 0 aliphatic heterocycles. The second-order valence-electron chi connectivity index (χ2n) is 4.78. The van der Waals surface area contributed by atoms with Crippen LogP contribution in [0.25, 0.3) is 0 Å². The van der Waals surface area contributed by atoms with Crippen LogP contribution in [-0.2, 0) is 0 Å². The Morgan fingerprint density at radius 1 is 1.40 bits per heavy atom. The fourth-order valence-corrected chi connectivity index (χ4v) is 1.61. The van der Waals surface area contributed by atoms with Crippen LogP contribution in [0.1, 0.15) is 12.6 Å². The van der Waals surface area contributed by atoms with Crippen molar-refractivity contribution in [3.63, 3.8) is 0 Å². The van der Waals surface area contributed by atoms with Gasteiger partial charge in [-0.15, -0.1) is 0 Å². The van der Waals surface area contributed by atoms with Crippen molar-refractivity contribution < 1.29 is 0 Å². The maximum absolute atomic E-state index is 8.61. The van der Waals surface area contributed by atoms with Gasteiger partial charge >= 0.3 is 0 Å². The van der Waals surface area contributed by atoms with Crippen molar-refractivity contribution in [3.05, 3.63) is 24.0 Å². The lowest BCUT2D eigenvalue weighted by atomic mass is 10.3. The van der Waals surface area contributed by atoms with E-state index < -0.39 is 8.07 Å². The van der Waals surface area contributed by atoms with Crippen LogP contribution in [0.15, 0.2) is 18.3 Å². The van der Waals surface area contributed by atoms with Crippen molar-refractivity contribution in [2.45, 2.75) is 32.2 Å². The van der Waals surface area contributed by atoms with Gasteiger partial charge in [0.15, 0.2) is 0 Å². The van der Waals surface area contributed by atoms with E-state index >= 15 is 0 Å². The lowest BCUT2D eigenvalue weighted by Crippen LogP contribution is -2.41. The van der Waals surface area contributed by atoms with Gasteiger partial charge in [-0.05, 0) is 19.1 Å². The van der Waals surface area contributed by atoms with Crippen molar-refractivity contribution in [3.8, 4) is 6.07 Å². The summed E-state index contributed by atoms with van der Waals surface area (Å²) in [4.78, 5) is 4.02. The Balaban J connectivity index is 2.70. The molecule has 1 unspecified atom stereocenters. The highest BCUT2D eigenvalue weighted by molar-refractivity contribution is 6.78. The van der Waals surface area contributed by atoms with Gasteiger partial charge < -0.3 is 5.32 Å². The molecule has 0 amide bonds. The summed E-state index contributed by atoms with van der Waals surface area (Å²) in [6.45, 7) is 9.16. The summed E-state index contributed by atoms with van der Waals surface area (Å²) in [7, 11) is -1.17. The van der Waals surface area contributed by atoms with E-state index in [4.69, 9.17) is 5.26 Å². The molecule has 0 radical (unpaired) electrons. The Kier molecular flexibility index (Phi) is 3.48. The standard InChI is InChI=1S/C11H17N3Si/c1-9(15(2,3)4)14-11-6-5-10(7-12)13-8-11/h5-6,8-9,14H,1-4H3. The molecule has 80 valence electrons. The van der Waals surface area contributed by atoms with Crippen molar-refractivity contribution in [1.29, 1.82) is 5.26 Å². The highest BCUT2D eigenvalue weighted by atomic mass is 28.3. The van der Waals surface area contributed by atoms with Crippen molar-refractivity contribution in [2.24, 2.45) is 0 Å². The van der Waals surface area contributed by atoms with E-state index in [2.05, 4.69) is 36.9 Å². The van der Waals surface area contributed by atoms with Gasteiger partial charge in [0.1, 0.15) is 11.8 Å². The van der Waals surface area contributed by atoms with Gasteiger partial charge in [-0.3, -0.25) is 0 Å². The van der Waals surface area contributed by atoms with E-state index in [9.17, 15) is 0 Å². The summed E-state index contributed by atoms with van der Waals surface area (Å²) < 4.78 is 0. The maximum Gasteiger partial charge on any atom is 0.140 e. The fraction of sp³-hybridized carbons (Fsp3) is 0.455. The molecule has 1 aromatic rings. The number of hydrogen-bond donors (Lipinski definition) is 1. The van der Waals surface area contributed by atoms with E-state index in [0.717, 1.165) is 5.69 Å². The van der Waals surface area contributed by atoms with Gasteiger partial charge in [0.05, 0.1) is 20.0 Å². The predicted molar refractivity (Wildman–Crippen MR) is 65.4 cm³/mol. The summed E-state index contributed by atoms with van der Waals surface area (Å²) >= 11 is 0. The van der Waals surface area contributed by atoms with E-state index in [1.165, 1.54) is 0 Å². The van der Waals surface area contributed by atoms with Gasteiger partial charge in [-0.2, -0.15) is 5.26 Å². The van der Waals surface area contributed by atoms with Crippen molar-refractivity contribution in [2.75, 3.05) is 5.32 Å². The lowest BCUT2D eigenvalue weighted by Gasteiger charge is -2.26. The monoisotopic (exact) mass is 219 g/mol. The Hall–Kier alpha value is -1.34. The van der Waals surface area contributed by atoms with Crippen molar-refractivity contribution >= 4 is 13.8 Å². The van der Waals surface area contributed by atoms with Crippen LogP contribution in [-0.4, -0.2) is 18.7 Å². The second kappa shape index (κ2) is 4.45. The summed E-state index contributed by atoms with van der Waals surface area (Å²) in [6, 6.07) is 5.65. The fourth-order valence-electron chi connectivity index (χ4n) is 1.01. The molecule has 0 aromatic carbocycles. The minimum Gasteiger partial charge on any atom is -0.384 e. The SMILES string of the molecule is CC(Nc1ccc(C#N)nc1)[Si](C)(C)C. The quantitative estimate of drug-likeness (QED) is 0.795. The Morgan fingerprint density at radius 3 is 2.47 bits per heavy atom. The van der Waals surface area contributed by atoms with Crippen LogP contribution >= 0.6 is 0 Å². The van der Waals surface area contributed by atoms with Gasteiger partial charge in [0.2, 0.25) is 0 Å². The van der Waals surface area contributed by atoms with Crippen LogP contribution in [0.4, 0.5) is 5.69 Å². The molecule has 0 bridgehead atoms. The molecule has 1 aromatic heterocycles. The zero-order valence-electron chi connectivity index (χ0n) is 9.70. The van der Waals surface area contributed by atoms with Crippen LogP contribution in [0.2, 0.25) is 19.6 Å². The zero-order chi connectivity index (χ0) is 11.5. The Bertz CT molecular complexity index is 359. The topological polar surface area (TPSA) is 48.7 Å². The number of pyridine rings is 1. The molecule has 0 aliphatic carbocycles. The summed E-state index contributed by atoms with van der Waals surface area (Å²) in [5, 5.41) is 12.0. The largest absolute Gasteiger partial charge is 0.384 e. The molecule has 4 heteroatoms. The lowest BCUT2D eigenvalue weighted by molar-refractivity contribution is 1.04. The molecule has 0 aliphatic rings. The maximum atomic E-state index is 8.61. The molecule has 0 saturated carbocycles. The molecule has 0 fully saturated rings. The number of rotatable bonds is 3. The minimum atomic E-state index is -1.17. The van der Waals surface area contributed by atoms with Gasteiger partial charge in [0, 0.05) is 5.67 Å². The molecule has 1 atom stereocenters. The van der Waals surface area contributed by atoms with E-state index in [0.29, 0.717) is 11.4 Å². The zero-order valence-corrected chi connectivity index (χ0v) is 10.7. The first-order chi connectivity index (χ1) is 6.93. The molecule has 15 heavy (non-hydrogen) atoms. The van der Waals surface area contributed by atoms with E-state index in [1.807, 2.05) is 12.1 Å². The highest BCUT2D eigenvalue weighted by Gasteiger charge is 2.21. The number of nitrogens with zero attached hydrogens (tertiary/aromatic N) is 2. The van der Waals surface area contributed by atoms with Crippen LogP contribution in [0, 0.1) is 11.3 Å². The molecule has 1 rings (SSSR count). The average molecular weight is 219 g/mol. The first-order valence-electron chi connectivity index (χ1n) is 5.06. The predicted octanol–water partition coefficient (Wildman–Crippen LogP) is 2.63. The van der Waals surface area contributed by atoms with Crippen LogP contribution in [0.3, 0.4) is 0 Å². The van der Waals surface area contributed by atoms with Crippen LogP contribution in [0.5, 0.6) is 0 Å². The van der Waals surface area contributed by atoms with Gasteiger partial charge in [0.25, 0.3) is 0 Å². The third-order valence-electron chi connectivity index (χ3n) is 2.56. The number of nitriles is 1. The molecule has 0 saturated heterocycles. The summed E-state index contributed by atoms with van der Waals surface area (Å²) in [5.74, 6) is 0. The third kappa shape index (κ3) is 3.37. The molecule has 1 N–H and O–H groups in total. The number of nitrogens with one attached hydrogen (secondary N) is 1. The molecular formula is C11H17N3Si. The summed E-state index contributed by atoms with van der Waals surface area (Å²) in [5.41, 5.74) is 1.94. The molecular weight excluding hydrogens is 202 g/mol. The van der Waals surface area contributed by atoms with Gasteiger partial charge in [-0.1, -0.05) is 19.6 Å². The molecule has 3 nitrogen and oxygen atoms in total. The Morgan fingerprint density at radius 2 is 2.07 bits per heavy atom. The smallest absolute Gasteiger partial charge is 0.140 e. The van der Waals surface area contributed by atoms with E-state index in [1.54, 1.807) is 12.3 Å². The number of hydrogen-bond acceptors (Lipinski definition) is 3. The molecule has 1 heterocycles. The van der Waals surface area contributed by atoms with Gasteiger partial charge in [-0.25, -0.2) is 4.98 Å². The third-order valence-corrected chi connectivity index (χ3v) is 5.30. The second-order valence-corrected chi connectivity index (χ2v) is 10.4. The van der Waals surface area contributed by atoms with E-state index in [-0.39, 0.29) is 0 Å². The molecule has 0 spiro atoms. The first kappa shape index (κ1) is 11.7. The highest BCUT2D eigenvalue weighted by Crippen LogP contribution is 2.14. The number of aromatic nitrogens is 1. The van der Waals surface area contributed by atoms with Crippen LogP contribution < -0.4 is 5.32 Å². The first-order valence-corrected chi connectivity index (χ1v) is 8.64. The Labute approximate surface area is 92.2 Å². The van der Waals surface area contributed by atoms with Crippen molar-refractivity contribution in [1.82, 2.24) is 4.98 Å². The summed E-state index contributed by atoms with van der Waals surface area (Å²) in [6.07, 6.45) is 1.72. The normalized spacial score (nSPS) is 13.0. The number of anilines is 1. The average Bonchev–Trinajstić information content (AvgIpc) is 2.17.